The molecule has 3 N–H and O–H groups in total. The molecule has 18 heavy (non-hydrogen) atoms. The quantitative estimate of drug-likeness (QED) is 0.588. The Kier molecular flexibility index (Phi) is 5.22. The minimum Gasteiger partial charge on any atom is -0.486 e. The van der Waals surface area contributed by atoms with Crippen molar-refractivity contribution in [3.05, 3.63) is 17.5 Å². The van der Waals surface area contributed by atoms with E-state index in [1.807, 2.05) is 20.8 Å². The summed E-state index contributed by atoms with van der Waals surface area (Å²) in [6.07, 6.45) is 2.19. The molecule has 0 saturated carbocycles. The van der Waals surface area contributed by atoms with Gasteiger partial charge in [0, 0.05) is 13.0 Å². The standard InChI is InChI=1S/C13H20N2O2S/c1-5-7-15-13-11(17-8(3)4)10(14)12(18-13)9(16)6-2/h5,8,15H,1,6-7,14H2,2-4H3. The van der Waals surface area contributed by atoms with Crippen molar-refractivity contribution in [2.75, 3.05) is 17.6 Å². The summed E-state index contributed by atoms with van der Waals surface area (Å²) < 4.78 is 5.68. The Bertz CT molecular complexity index is 438. The first-order valence-corrected chi connectivity index (χ1v) is 6.79. The first-order chi connectivity index (χ1) is 8.51. The van der Waals surface area contributed by atoms with Gasteiger partial charge in [-0.25, -0.2) is 0 Å². The zero-order valence-corrected chi connectivity index (χ0v) is 11.9. The molecule has 0 atom stereocenters. The monoisotopic (exact) mass is 268 g/mol. The summed E-state index contributed by atoms with van der Waals surface area (Å²) in [5.41, 5.74) is 6.44. The molecule has 0 aliphatic heterocycles. The van der Waals surface area contributed by atoms with Crippen LogP contribution in [0.2, 0.25) is 0 Å². The molecule has 1 rings (SSSR count). The van der Waals surface area contributed by atoms with Gasteiger partial charge in [-0.2, -0.15) is 0 Å². The maximum Gasteiger partial charge on any atom is 0.177 e. The van der Waals surface area contributed by atoms with Crippen molar-refractivity contribution in [3.8, 4) is 5.75 Å². The largest absolute Gasteiger partial charge is 0.486 e. The smallest absolute Gasteiger partial charge is 0.177 e. The van der Waals surface area contributed by atoms with Gasteiger partial charge in [-0.1, -0.05) is 13.0 Å². The van der Waals surface area contributed by atoms with Crippen molar-refractivity contribution < 1.29 is 9.53 Å². The maximum atomic E-state index is 11.8. The van der Waals surface area contributed by atoms with Crippen LogP contribution in [-0.2, 0) is 0 Å². The van der Waals surface area contributed by atoms with E-state index >= 15 is 0 Å². The van der Waals surface area contributed by atoms with Gasteiger partial charge in [-0.3, -0.25) is 4.79 Å². The fraction of sp³-hybridized carbons (Fsp3) is 0.462. The van der Waals surface area contributed by atoms with Crippen LogP contribution >= 0.6 is 11.3 Å². The highest BCUT2D eigenvalue weighted by atomic mass is 32.1. The Morgan fingerprint density at radius 2 is 2.28 bits per heavy atom. The fourth-order valence-corrected chi connectivity index (χ4v) is 2.50. The third kappa shape index (κ3) is 3.26. The predicted molar refractivity (Wildman–Crippen MR) is 77.8 cm³/mol. The predicted octanol–water partition coefficient (Wildman–Crippen LogP) is 3.31. The van der Waals surface area contributed by atoms with E-state index in [1.165, 1.54) is 11.3 Å². The van der Waals surface area contributed by atoms with Crippen molar-refractivity contribution in [2.45, 2.75) is 33.3 Å². The number of hydrogen-bond acceptors (Lipinski definition) is 5. The fourth-order valence-electron chi connectivity index (χ4n) is 1.43. The topological polar surface area (TPSA) is 64.4 Å². The number of rotatable bonds is 7. The van der Waals surface area contributed by atoms with Crippen LogP contribution in [0, 0.1) is 0 Å². The number of Topliss-reactive ketones (excluding diaryl/α,β-unsaturated/α-hetero) is 1. The molecular formula is C13H20N2O2S. The molecule has 0 radical (unpaired) electrons. The van der Waals surface area contributed by atoms with E-state index in [2.05, 4.69) is 11.9 Å². The lowest BCUT2D eigenvalue weighted by molar-refractivity contribution is 0.0992. The number of thiophene rings is 1. The highest BCUT2D eigenvalue weighted by Crippen LogP contribution is 2.43. The highest BCUT2D eigenvalue weighted by Gasteiger charge is 2.21. The summed E-state index contributed by atoms with van der Waals surface area (Å²) in [6, 6.07) is 0. The van der Waals surface area contributed by atoms with Crippen molar-refractivity contribution in [1.29, 1.82) is 0 Å². The lowest BCUT2D eigenvalue weighted by Crippen LogP contribution is -2.09. The third-order valence-corrected chi connectivity index (χ3v) is 3.42. The molecule has 0 aliphatic rings. The van der Waals surface area contributed by atoms with Crippen LogP contribution in [0.5, 0.6) is 5.75 Å². The summed E-state index contributed by atoms with van der Waals surface area (Å²) in [7, 11) is 0. The molecule has 0 unspecified atom stereocenters. The average Bonchev–Trinajstić information content (AvgIpc) is 2.63. The van der Waals surface area contributed by atoms with Gasteiger partial charge in [0.15, 0.2) is 11.5 Å². The summed E-state index contributed by atoms with van der Waals surface area (Å²) in [5, 5.41) is 3.94. The van der Waals surface area contributed by atoms with Crippen LogP contribution in [0.15, 0.2) is 12.7 Å². The molecule has 1 aromatic heterocycles. The Balaban J connectivity index is 3.13. The summed E-state index contributed by atoms with van der Waals surface area (Å²) in [6.45, 7) is 9.93. The van der Waals surface area contributed by atoms with Crippen LogP contribution in [-0.4, -0.2) is 18.4 Å². The zero-order valence-electron chi connectivity index (χ0n) is 11.1. The number of hydrogen-bond donors (Lipinski definition) is 2. The summed E-state index contributed by atoms with van der Waals surface area (Å²) in [5.74, 6) is 0.617. The molecule has 4 nitrogen and oxygen atoms in total. The van der Waals surface area contributed by atoms with E-state index in [-0.39, 0.29) is 11.9 Å². The first-order valence-electron chi connectivity index (χ1n) is 5.98. The van der Waals surface area contributed by atoms with E-state index in [0.29, 0.717) is 29.3 Å². The number of carbonyl (C=O) groups is 1. The molecule has 100 valence electrons. The summed E-state index contributed by atoms with van der Waals surface area (Å²) in [4.78, 5) is 12.4. The zero-order chi connectivity index (χ0) is 13.7. The highest BCUT2D eigenvalue weighted by molar-refractivity contribution is 7.19. The second-order valence-corrected chi connectivity index (χ2v) is 5.14. The van der Waals surface area contributed by atoms with Gasteiger partial charge in [0.05, 0.1) is 16.7 Å². The number of nitrogen functional groups attached to an aromatic ring is 1. The molecule has 0 aromatic carbocycles. The molecular weight excluding hydrogens is 248 g/mol. The molecule has 1 aromatic rings. The first kappa shape index (κ1) is 14.6. The number of ether oxygens (including phenoxy) is 1. The lowest BCUT2D eigenvalue weighted by Gasteiger charge is -2.11. The van der Waals surface area contributed by atoms with Crippen molar-refractivity contribution in [3.63, 3.8) is 0 Å². The van der Waals surface area contributed by atoms with E-state index in [9.17, 15) is 4.79 Å². The van der Waals surface area contributed by atoms with Crippen molar-refractivity contribution in [2.24, 2.45) is 0 Å². The van der Waals surface area contributed by atoms with Crippen LogP contribution < -0.4 is 15.8 Å². The van der Waals surface area contributed by atoms with Gasteiger partial charge in [0.2, 0.25) is 0 Å². The number of nitrogens with two attached hydrogens (primary N) is 1. The number of ketones is 1. The number of nitrogens with one attached hydrogen (secondary N) is 1. The summed E-state index contributed by atoms with van der Waals surface area (Å²) >= 11 is 1.34. The van der Waals surface area contributed by atoms with E-state index in [0.717, 1.165) is 5.00 Å². The van der Waals surface area contributed by atoms with Crippen molar-refractivity contribution in [1.82, 2.24) is 0 Å². The van der Waals surface area contributed by atoms with Gasteiger partial charge in [-0.05, 0) is 13.8 Å². The Morgan fingerprint density at radius 3 is 2.78 bits per heavy atom. The van der Waals surface area contributed by atoms with Gasteiger partial charge in [0.1, 0.15) is 5.00 Å². The minimum absolute atomic E-state index is 0.00996. The van der Waals surface area contributed by atoms with Gasteiger partial charge in [0.25, 0.3) is 0 Å². The molecule has 0 fully saturated rings. The number of carbonyl (C=O) groups excluding carboxylic acids is 1. The van der Waals surface area contributed by atoms with Crippen molar-refractivity contribution >= 4 is 27.8 Å². The molecule has 0 aliphatic carbocycles. The van der Waals surface area contributed by atoms with Gasteiger partial charge in [-0.15, -0.1) is 17.9 Å². The molecule has 0 saturated heterocycles. The Morgan fingerprint density at radius 1 is 1.61 bits per heavy atom. The van der Waals surface area contributed by atoms with Crippen LogP contribution in [0.1, 0.15) is 36.9 Å². The van der Waals surface area contributed by atoms with E-state index in [1.54, 1.807) is 6.08 Å². The van der Waals surface area contributed by atoms with Crippen LogP contribution in [0.25, 0.3) is 0 Å². The second-order valence-electron chi connectivity index (χ2n) is 4.12. The van der Waals surface area contributed by atoms with Crippen LogP contribution in [0.4, 0.5) is 10.7 Å². The maximum absolute atomic E-state index is 11.8. The van der Waals surface area contributed by atoms with E-state index < -0.39 is 0 Å². The second kappa shape index (κ2) is 6.44. The number of anilines is 2. The van der Waals surface area contributed by atoms with Gasteiger partial charge < -0.3 is 15.8 Å². The average molecular weight is 268 g/mol. The SMILES string of the molecule is C=CCNc1sc(C(=O)CC)c(N)c1OC(C)C. The molecule has 0 amide bonds. The Hall–Kier alpha value is -1.49. The Labute approximate surface area is 112 Å². The molecule has 0 spiro atoms. The minimum atomic E-state index is 0.00996. The lowest BCUT2D eigenvalue weighted by atomic mass is 10.2. The third-order valence-electron chi connectivity index (χ3n) is 2.23. The molecule has 1 heterocycles. The van der Waals surface area contributed by atoms with E-state index in [4.69, 9.17) is 10.5 Å². The normalized spacial score (nSPS) is 10.4. The molecule has 0 bridgehead atoms. The molecule has 5 heteroatoms. The van der Waals surface area contributed by atoms with Crippen LogP contribution in [0.3, 0.4) is 0 Å². The van der Waals surface area contributed by atoms with Gasteiger partial charge >= 0.3 is 0 Å².